The molecule has 0 unspecified atom stereocenters. The normalized spacial score (nSPS) is 11.2. The summed E-state index contributed by atoms with van der Waals surface area (Å²) >= 11 is 1.59. The number of benzene rings is 2. The molecule has 0 fully saturated rings. The molecule has 0 saturated carbocycles. The third-order valence-corrected chi connectivity index (χ3v) is 6.23. The van der Waals surface area contributed by atoms with Gasteiger partial charge in [0, 0.05) is 13.1 Å². The van der Waals surface area contributed by atoms with Crippen LogP contribution in [0.1, 0.15) is 31.9 Å². The van der Waals surface area contributed by atoms with Gasteiger partial charge in [-0.3, -0.25) is 9.69 Å². The van der Waals surface area contributed by atoms with E-state index in [4.69, 9.17) is 9.72 Å². The van der Waals surface area contributed by atoms with Crippen LogP contribution >= 0.6 is 11.3 Å². The SMILES string of the molecule is CCOc1ccc(CC(=O)N(CCN(CC)CC)c2nc3ccc(C)cc3s2)cc1. The van der Waals surface area contributed by atoms with Gasteiger partial charge in [0.1, 0.15) is 5.75 Å². The average molecular weight is 426 g/mol. The Balaban J connectivity index is 1.82. The fourth-order valence-corrected chi connectivity index (χ4v) is 4.49. The number of amides is 1. The molecule has 1 aromatic heterocycles. The van der Waals surface area contributed by atoms with E-state index < -0.39 is 0 Å². The number of aryl methyl sites for hydroxylation is 1. The van der Waals surface area contributed by atoms with E-state index in [0.29, 0.717) is 19.6 Å². The first-order valence-electron chi connectivity index (χ1n) is 10.7. The van der Waals surface area contributed by atoms with Gasteiger partial charge in [-0.15, -0.1) is 0 Å². The lowest BCUT2D eigenvalue weighted by Gasteiger charge is -2.24. The molecular weight excluding hydrogens is 394 g/mol. The van der Waals surface area contributed by atoms with E-state index in [-0.39, 0.29) is 5.91 Å². The summed E-state index contributed by atoms with van der Waals surface area (Å²) in [6, 6.07) is 14.0. The zero-order chi connectivity index (χ0) is 21.5. The van der Waals surface area contributed by atoms with E-state index in [0.717, 1.165) is 46.3 Å². The Morgan fingerprint density at radius 3 is 2.43 bits per heavy atom. The van der Waals surface area contributed by atoms with Crippen LogP contribution < -0.4 is 9.64 Å². The van der Waals surface area contributed by atoms with Crippen LogP contribution in [0, 0.1) is 6.92 Å². The molecule has 160 valence electrons. The second kappa shape index (κ2) is 10.5. The molecule has 30 heavy (non-hydrogen) atoms. The second-order valence-electron chi connectivity index (χ2n) is 7.29. The minimum atomic E-state index is 0.0714. The molecule has 0 aliphatic carbocycles. The summed E-state index contributed by atoms with van der Waals surface area (Å²) in [4.78, 5) is 22.3. The molecule has 3 rings (SSSR count). The molecular formula is C24H31N3O2S. The van der Waals surface area contributed by atoms with E-state index in [2.05, 4.69) is 37.8 Å². The van der Waals surface area contributed by atoms with Gasteiger partial charge in [0.15, 0.2) is 5.13 Å². The standard InChI is InChI=1S/C24H31N3O2S/c1-5-26(6-2)14-15-27(24-25-21-13-8-18(4)16-22(21)30-24)23(28)17-19-9-11-20(12-10-19)29-7-3/h8-13,16H,5-7,14-15,17H2,1-4H3. The lowest BCUT2D eigenvalue weighted by Crippen LogP contribution is -2.39. The molecule has 0 spiro atoms. The van der Waals surface area contributed by atoms with Crippen molar-refractivity contribution in [2.45, 2.75) is 34.1 Å². The topological polar surface area (TPSA) is 45.7 Å². The smallest absolute Gasteiger partial charge is 0.233 e. The zero-order valence-corrected chi connectivity index (χ0v) is 19.2. The number of carbonyl (C=O) groups excluding carboxylic acids is 1. The van der Waals surface area contributed by atoms with Crippen LogP contribution in [0.5, 0.6) is 5.75 Å². The number of hydrogen-bond acceptors (Lipinski definition) is 5. The molecule has 3 aromatic rings. The Morgan fingerprint density at radius 1 is 1.03 bits per heavy atom. The molecule has 1 heterocycles. The summed E-state index contributed by atoms with van der Waals surface area (Å²) in [7, 11) is 0. The molecule has 0 radical (unpaired) electrons. The quantitative estimate of drug-likeness (QED) is 0.462. The Hall–Kier alpha value is -2.44. The van der Waals surface area contributed by atoms with Gasteiger partial charge in [-0.2, -0.15) is 0 Å². The number of likely N-dealkylation sites (N-methyl/N-ethyl adjacent to an activating group) is 1. The summed E-state index contributed by atoms with van der Waals surface area (Å²) in [6.45, 7) is 12.4. The highest BCUT2D eigenvalue weighted by Crippen LogP contribution is 2.30. The van der Waals surface area contributed by atoms with Gasteiger partial charge >= 0.3 is 0 Å². The van der Waals surface area contributed by atoms with Gasteiger partial charge in [0.2, 0.25) is 5.91 Å². The third-order valence-electron chi connectivity index (χ3n) is 5.19. The fourth-order valence-electron chi connectivity index (χ4n) is 3.38. The van der Waals surface area contributed by atoms with Crippen molar-refractivity contribution in [1.29, 1.82) is 0 Å². The maximum atomic E-state index is 13.3. The largest absolute Gasteiger partial charge is 0.494 e. The van der Waals surface area contributed by atoms with E-state index >= 15 is 0 Å². The highest BCUT2D eigenvalue weighted by molar-refractivity contribution is 7.22. The average Bonchev–Trinajstić information content (AvgIpc) is 3.15. The van der Waals surface area contributed by atoms with E-state index in [1.54, 1.807) is 11.3 Å². The molecule has 0 aliphatic rings. The Morgan fingerprint density at radius 2 is 1.77 bits per heavy atom. The Bertz CT molecular complexity index is 964. The van der Waals surface area contributed by atoms with Crippen molar-refractivity contribution >= 4 is 32.6 Å². The summed E-state index contributed by atoms with van der Waals surface area (Å²) in [5, 5.41) is 0.777. The van der Waals surface area contributed by atoms with Crippen molar-refractivity contribution in [3.8, 4) is 5.75 Å². The molecule has 1 amide bonds. The van der Waals surface area contributed by atoms with Gasteiger partial charge in [0.25, 0.3) is 0 Å². The van der Waals surface area contributed by atoms with E-state index in [1.807, 2.05) is 42.2 Å². The van der Waals surface area contributed by atoms with Crippen LogP contribution in [0.3, 0.4) is 0 Å². The fraction of sp³-hybridized carbons (Fsp3) is 0.417. The van der Waals surface area contributed by atoms with Gasteiger partial charge in [0.05, 0.1) is 23.2 Å². The monoisotopic (exact) mass is 425 g/mol. The number of thiazole rings is 1. The number of hydrogen-bond donors (Lipinski definition) is 0. The number of ether oxygens (including phenoxy) is 1. The van der Waals surface area contributed by atoms with Gasteiger partial charge < -0.3 is 9.64 Å². The van der Waals surface area contributed by atoms with Crippen LogP contribution in [0.2, 0.25) is 0 Å². The number of anilines is 1. The lowest BCUT2D eigenvalue weighted by atomic mass is 10.1. The number of aromatic nitrogens is 1. The predicted molar refractivity (Wildman–Crippen MR) is 126 cm³/mol. The van der Waals surface area contributed by atoms with Crippen molar-refractivity contribution < 1.29 is 9.53 Å². The van der Waals surface area contributed by atoms with E-state index in [9.17, 15) is 4.79 Å². The summed E-state index contributed by atoms with van der Waals surface area (Å²) < 4.78 is 6.62. The molecule has 5 nitrogen and oxygen atoms in total. The van der Waals surface area contributed by atoms with Crippen LogP contribution in [-0.2, 0) is 11.2 Å². The number of carbonyl (C=O) groups is 1. The van der Waals surface area contributed by atoms with Crippen molar-refractivity contribution in [3.63, 3.8) is 0 Å². The molecule has 0 aliphatic heterocycles. The summed E-state index contributed by atoms with van der Waals surface area (Å²) in [5.74, 6) is 0.899. The molecule has 0 atom stereocenters. The number of nitrogens with zero attached hydrogens (tertiary/aromatic N) is 3. The minimum absolute atomic E-state index is 0.0714. The zero-order valence-electron chi connectivity index (χ0n) is 18.4. The highest BCUT2D eigenvalue weighted by Gasteiger charge is 2.21. The lowest BCUT2D eigenvalue weighted by molar-refractivity contribution is -0.118. The van der Waals surface area contributed by atoms with Crippen molar-refractivity contribution in [2.24, 2.45) is 0 Å². The first-order chi connectivity index (χ1) is 14.5. The van der Waals surface area contributed by atoms with Gasteiger partial charge in [-0.05, 0) is 62.3 Å². The van der Waals surface area contributed by atoms with Gasteiger partial charge in [-0.1, -0.05) is 43.4 Å². The Kier molecular flexibility index (Phi) is 7.82. The molecule has 0 saturated heterocycles. The van der Waals surface area contributed by atoms with E-state index in [1.165, 1.54) is 5.56 Å². The van der Waals surface area contributed by atoms with Crippen molar-refractivity contribution in [3.05, 3.63) is 53.6 Å². The molecule has 0 N–H and O–H groups in total. The highest BCUT2D eigenvalue weighted by atomic mass is 32.1. The third kappa shape index (κ3) is 5.58. The number of fused-ring (bicyclic) bond motifs is 1. The predicted octanol–water partition coefficient (Wildman–Crippen LogP) is 4.92. The van der Waals surface area contributed by atoms with Crippen LogP contribution in [0.15, 0.2) is 42.5 Å². The molecule has 2 aromatic carbocycles. The maximum absolute atomic E-state index is 13.3. The van der Waals surface area contributed by atoms with Crippen molar-refractivity contribution in [1.82, 2.24) is 9.88 Å². The maximum Gasteiger partial charge on any atom is 0.233 e. The first kappa shape index (κ1) is 22.2. The Labute approximate surface area is 183 Å². The second-order valence-corrected chi connectivity index (χ2v) is 8.30. The molecule has 6 heteroatoms. The minimum Gasteiger partial charge on any atom is -0.494 e. The number of rotatable bonds is 10. The summed E-state index contributed by atoms with van der Waals surface area (Å²) in [6.07, 6.45) is 0.347. The molecule has 0 bridgehead atoms. The van der Waals surface area contributed by atoms with Crippen LogP contribution in [0.25, 0.3) is 10.2 Å². The first-order valence-corrected chi connectivity index (χ1v) is 11.5. The van der Waals surface area contributed by atoms with Crippen LogP contribution in [0.4, 0.5) is 5.13 Å². The summed E-state index contributed by atoms with van der Waals surface area (Å²) in [5.41, 5.74) is 3.13. The van der Waals surface area contributed by atoms with Gasteiger partial charge in [-0.25, -0.2) is 4.98 Å². The van der Waals surface area contributed by atoms with Crippen LogP contribution in [-0.4, -0.2) is 48.6 Å². The van der Waals surface area contributed by atoms with Crippen molar-refractivity contribution in [2.75, 3.05) is 37.7 Å².